The topological polar surface area (TPSA) is 596 Å². The van der Waals surface area contributed by atoms with Crippen LogP contribution in [0, 0.1) is 0 Å². The lowest BCUT2D eigenvalue weighted by molar-refractivity contribution is -0.143. The molecule has 1 aliphatic rings. The highest BCUT2D eigenvalue weighted by atomic mass is 32.1. The van der Waals surface area contributed by atoms with Gasteiger partial charge >= 0.3 is 11.9 Å². The molecule has 12 atom stereocenters. The number of nitrogens with one attached hydrogen (secondary N) is 12. The molecule has 0 unspecified atom stereocenters. The SMILES string of the molecule is C[C@H](NC(=O)[C@@H]1CCCN1C(=O)[C@H](CC(N)=O)NC(=O)[C@H](CS)NC(=O)[C@H](CS)NC(=O)[C@@H](N)CCC(=O)O)C(=O)N[C@@H](CS)C(=O)NCC(=O)N[C@@H](CCC(N)=O)C(=O)N[C@@H](Cc1cnc[nH]1)C(=O)N[C@@H](Cc1ccc(O)cc1)C(=O)N[C@@H](CO)C(=O)N[C@@H](CS)C(=O)O. The van der Waals surface area contributed by atoms with Crippen LogP contribution in [0.4, 0.5) is 0 Å². The number of imidazole rings is 1. The number of aromatic nitrogens is 2. The quantitative estimate of drug-likeness (QED) is 0.0275. The predicted molar refractivity (Wildman–Crippen MR) is 344 cm³/mol. The van der Waals surface area contributed by atoms with Crippen LogP contribution >= 0.6 is 50.5 Å². The molecule has 95 heavy (non-hydrogen) atoms. The fourth-order valence-electron chi connectivity index (χ4n) is 8.85. The van der Waals surface area contributed by atoms with Crippen molar-refractivity contribution in [3.63, 3.8) is 0 Å². The lowest BCUT2D eigenvalue weighted by Gasteiger charge is -2.30. The van der Waals surface area contributed by atoms with Crippen molar-refractivity contribution in [2.75, 3.05) is 42.7 Å². The molecule has 2 aromatic rings. The minimum Gasteiger partial charge on any atom is -0.508 e. The highest BCUT2D eigenvalue weighted by molar-refractivity contribution is 7.80. The summed E-state index contributed by atoms with van der Waals surface area (Å²) in [6.07, 6.45) is -0.342. The molecular formula is C54H79N17O20S4. The van der Waals surface area contributed by atoms with Gasteiger partial charge in [-0.1, -0.05) is 12.1 Å². The van der Waals surface area contributed by atoms with Crippen LogP contribution in [-0.2, 0) is 89.6 Å². The number of primary amides is 2. The van der Waals surface area contributed by atoms with Gasteiger partial charge in [-0.25, -0.2) is 9.78 Å². The number of thiol groups is 4. The number of aromatic amines is 1. The molecule has 524 valence electrons. The molecule has 0 saturated carbocycles. The average molecular weight is 1410 g/mol. The Balaban J connectivity index is 1.71. The van der Waals surface area contributed by atoms with Crippen LogP contribution in [0.1, 0.15) is 63.1 Å². The Bertz CT molecular complexity index is 3080. The summed E-state index contributed by atoms with van der Waals surface area (Å²) in [7, 11) is 0. The number of amides is 14. The van der Waals surface area contributed by atoms with Gasteiger partial charge < -0.3 is 106 Å². The number of aliphatic hydroxyl groups excluding tert-OH is 1. The Morgan fingerprint density at radius 1 is 0.589 bits per heavy atom. The van der Waals surface area contributed by atoms with Crippen molar-refractivity contribution >= 4 is 145 Å². The molecule has 22 N–H and O–H groups in total. The summed E-state index contributed by atoms with van der Waals surface area (Å²) in [5, 5.41) is 63.9. The Morgan fingerprint density at radius 2 is 1.08 bits per heavy atom. The smallest absolute Gasteiger partial charge is 0.327 e. The molecule has 3 rings (SSSR count). The summed E-state index contributed by atoms with van der Waals surface area (Å²) in [5.41, 5.74) is 17.1. The van der Waals surface area contributed by atoms with E-state index in [0.29, 0.717) is 5.56 Å². The normalized spacial score (nSPS) is 16.0. The number of nitrogens with two attached hydrogens (primary N) is 3. The van der Waals surface area contributed by atoms with Gasteiger partial charge in [0.15, 0.2) is 0 Å². The van der Waals surface area contributed by atoms with Gasteiger partial charge in [0.1, 0.15) is 72.2 Å². The Labute approximate surface area is 564 Å². The van der Waals surface area contributed by atoms with Gasteiger partial charge in [-0.05, 0) is 50.3 Å². The molecule has 1 aromatic heterocycles. The number of phenols is 1. The first-order valence-corrected chi connectivity index (χ1v) is 31.6. The van der Waals surface area contributed by atoms with Crippen molar-refractivity contribution in [3.8, 4) is 5.75 Å². The number of rotatable bonds is 41. The number of carboxylic acid groups (broad SMARTS) is 2. The van der Waals surface area contributed by atoms with E-state index < -0.39 is 212 Å². The van der Waals surface area contributed by atoms with Crippen molar-refractivity contribution in [2.24, 2.45) is 17.2 Å². The number of H-pyrrole nitrogens is 1. The van der Waals surface area contributed by atoms with E-state index in [2.05, 4.69) is 119 Å². The second-order valence-corrected chi connectivity index (χ2v) is 22.8. The number of nitrogens with zero attached hydrogens (tertiary/aromatic N) is 2. The molecule has 2 heterocycles. The molecule has 1 aliphatic heterocycles. The number of aromatic hydroxyl groups is 1. The lowest BCUT2D eigenvalue weighted by Crippen LogP contribution is -2.60. The van der Waals surface area contributed by atoms with Gasteiger partial charge in [0.25, 0.3) is 0 Å². The van der Waals surface area contributed by atoms with E-state index >= 15 is 0 Å². The van der Waals surface area contributed by atoms with Crippen LogP contribution in [0.15, 0.2) is 36.8 Å². The molecule has 41 heteroatoms. The first-order valence-electron chi connectivity index (χ1n) is 29.0. The Morgan fingerprint density at radius 3 is 1.61 bits per heavy atom. The number of aliphatic carboxylic acids is 2. The number of carbonyl (C=O) groups excluding carboxylic acids is 14. The first kappa shape index (κ1) is 80.3. The third kappa shape index (κ3) is 27.1. The summed E-state index contributed by atoms with van der Waals surface area (Å²) in [5.74, 6) is -18.3. The second kappa shape index (κ2) is 40.3. The largest absolute Gasteiger partial charge is 0.508 e. The highest BCUT2D eigenvalue weighted by Gasteiger charge is 2.41. The zero-order chi connectivity index (χ0) is 71.2. The Hall–Kier alpha value is -8.93. The van der Waals surface area contributed by atoms with E-state index in [4.69, 9.17) is 22.3 Å². The summed E-state index contributed by atoms with van der Waals surface area (Å²) in [6, 6.07) is -12.9. The predicted octanol–water partition coefficient (Wildman–Crippen LogP) is -9.00. The minimum absolute atomic E-state index is 0.0317. The maximum Gasteiger partial charge on any atom is 0.327 e. The van der Waals surface area contributed by atoms with E-state index in [1.54, 1.807) is 0 Å². The maximum absolute atomic E-state index is 14.2. The minimum atomic E-state index is -1.75. The number of aliphatic hydroxyl groups is 1. The maximum atomic E-state index is 14.2. The number of benzene rings is 1. The molecule has 37 nitrogen and oxygen atoms in total. The highest BCUT2D eigenvalue weighted by Crippen LogP contribution is 2.20. The molecule has 0 radical (unpaired) electrons. The molecular weight excluding hydrogens is 1330 g/mol. The van der Waals surface area contributed by atoms with E-state index in [9.17, 15) is 92.0 Å². The summed E-state index contributed by atoms with van der Waals surface area (Å²) >= 11 is 16.2. The molecule has 1 aromatic carbocycles. The van der Waals surface area contributed by atoms with Gasteiger partial charge in [-0.2, -0.15) is 50.5 Å². The Kier molecular flexibility index (Phi) is 34.1. The average Bonchev–Trinajstić information content (AvgIpc) is 1.77. The van der Waals surface area contributed by atoms with Crippen LogP contribution in [0.3, 0.4) is 0 Å². The zero-order valence-corrected chi connectivity index (χ0v) is 54.5. The second-order valence-electron chi connectivity index (χ2n) is 21.4. The van der Waals surface area contributed by atoms with E-state index in [-0.39, 0.29) is 67.4 Å². The van der Waals surface area contributed by atoms with E-state index in [0.717, 1.165) is 4.90 Å². The van der Waals surface area contributed by atoms with Crippen molar-refractivity contribution in [1.82, 2.24) is 73.4 Å². The number of hydrogen-bond acceptors (Lipinski definition) is 24. The fraction of sp³-hybridized carbons (Fsp3) is 0.537. The van der Waals surface area contributed by atoms with Crippen LogP contribution in [0.25, 0.3) is 0 Å². The van der Waals surface area contributed by atoms with Crippen molar-refractivity contribution in [2.45, 2.75) is 137 Å². The van der Waals surface area contributed by atoms with Crippen LogP contribution < -0.4 is 75.7 Å². The monoisotopic (exact) mass is 1410 g/mol. The molecule has 1 fully saturated rings. The molecule has 0 spiro atoms. The lowest BCUT2D eigenvalue weighted by atomic mass is 10.0. The third-order valence-corrected chi connectivity index (χ3v) is 15.5. The van der Waals surface area contributed by atoms with Gasteiger partial charge in [0.05, 0.1) is 31.9 Å². The van der Waals surface area contributed by atoms with Crippen LogP contribution in [-0.4, -0.2) is 245 Å². The summed E-state index contributed by atoms with van der Waals surface area (Å²) in [4.78, 5) is 217. The van der Waals surface area contributed by atoms with Crippen molar-refractivity contribution < 1.29 is 97.1 Å². The third-order valence-electron chi connectivity index (χ3n) is 14.1. The first-order chi connectivity index (χ1) is 44.9. The number of carbonyl (C=O) groups is 16. The van der Waals surface area contributed by atoms with Gasteiger partial charge in [0, 0.05) is 67.1 Å². The fourth-order valence-corrected chi connectivity index (χ4v) is 9.87. The van der Waals surface area contributed by atoms with Crippen molar-refractivity contribution in [1.29, 1.82) is 0 Å². The number of carboxylic acids is 2. The number of likely N-dealkylation sites (tertiary alicyclic amines) is 1. The van der Waals surface area contributed by atoms with Crippen LogP contribution in [0.5, 0.6) is 5.75 Å². The zero-order valence-electron chi connectivity index (χ0n) is 50.9. The standard InChI is InChI=1S/C54H79N17O20S4/c1-24(61-52(88)38-3-2-12-71(38)53(89)32(15-40(57)75)65-50(86)36(21-94)69-51(87)35(20-93)68-44(80)28(55)8-11-42(77)78)43(79)67-34(19-92)45(81)59-17-41(76)62-29(9-10-39(56)74)46(82)64-31(14-26-16-58-23-60-26)48(84)63-30(13-25-4-6-27(73)7-5-25)47(83)66-33(18-72)49(85)70-37(22-95)54(90)91/h4-7,16,23-24,28-38,72-73,92-95H,2-3,8-15,17-22,55H2,1H3,(H2,56,74)(H2,57,75)(H,58,60)(H,59,81)(H,61,88)(H,62,76)(H,63,84)(H,64,82)(H,65,86)(H,66,83)(H,67,79)(H,68,80)(H,69,87)(H,70,85)(H,77,78)(H,90,91)/t24-,28-,29-,30-,31-,32-,33-,34-,35-,36-,37-,38-/m0/s1. The summed E-state index contributed by atoms with van der Waals surface area (Å²) in [6.45, 7) is -0.764. The van der Waals surface area contributed by atoms with Gasteiger partial charge in [-0.3, -0.25) is 71.9 Å². The number of phenolic OH excluding ortho intramolecular Hbond substituents is 1. The molecule has 1 saturated heterocycles. The molecule has 0 aliphatic carbocycles. The number of hydrogen-bond donors (Lipinski definition) is 23. The van der Waals surface area contributed by atoms with Gasteiger partial charge in [0.2, 0.25) is 82.7 Å². The van der Waals surface area contributed by atoms with Crippen LogP contribution in [0.2, 0.25) is 0 Å². The summed E-state index contributed by atoms with van der Waals surface area (Å²) < 4.78 is 0. The van der Waals surface area contributed by atoms with Gasteiger partial charge in [-0.15, -0.1) is 0 Å². The molecule has 14 amide bonds. The van der Waals surface area contributed by atoms with E-state index in [1.165, 1.54) is 43.7 Å². The van der Waals surface area contributed by atoms with E-state index in [1.807, 2.05) is 0 Å². The van der Waals surface area contributed by atoms with Crippen molar-refractivity contribution in [3.05, 3.63) is 48.0 Å². The molecule has 0 bridgehead atoms.